The summed E-state index contributed by atoms with van der Waals surface area (Å²) in [5, 5.41) is 11.3. The van der Waals surface area contributed by atoms with Crippen LogP contribution >= 0.6 is 11.3 Å². The van der Waals surface area contributed by atoms with Gasteiger partial charge in [-0.2, -0.15) is 0 Å². The highest BCUT2D eigenvalue weighted by Crippen LogP contribution is 2.31. The van der Waals surface area contributed by atoms with Gasteiger partial charge in [0.05, 0.1) is 12.1 Å². The first-order valence-electron chi connectivity index (χ1n) is 8.43. The first-order chi connectivity index (χ1) is 13.3. The molecule has 0 aliphatic carbocycles. The quantitative estimate of drug-likeness (QED) is 0.481. The lowest BCUT2D eigenvalue weighted by molar-refractivity contribution is -0.115. The van der Waals surface area contributed by atoms with Crippen LogP contribution < -0.4 is 5.32 Å². The number of thiazole rings is 1. The standard InChI is InChI=1S/C20H14N4O2S/c25-19(9-16-13-6-2-4-8-18(13)26-24-16)23-20-22-17(11-27-20)14-10-21-15-7-3-1-5-12(14)15/h1-8,10-11,21H,9H2,(H,22,23,25). The summed E-state index contributed by atoms with van der Waals surface area (Å²) in [5.41, 5.74) is 4.21. The Balaban J connectivity index is 1.35. The zero-order valence-corrected chi connectivity index (χ0v) is 14.9. The number of aromatic nitrogens is 3. The molecule has 2 aromatic carbocycles. The van der Waals surface area contributed by atoms with Crippen LogP contribution in [0.2, 0.25) is 0 Å². The average molecular weight is 374 g/mol. The van der Waals surface area contributed by atoms with E-state index < -0.39 is 0 Å². The van der Waals surface area contributed by atoms with E-state index in [1.807, 2.05) is 54.0 Å². The largest absolute Gasteiger partial charge is 0.360 e. The molecule has 7 heteroatoms. The molecule has 0 saturated carbocycles. The zero-order valence-electron chi connectivity index (χ0n) is 14.1. The molecule has 2 N–H and O–H groups in total. The van der Waals surface area contributed by atoms with Crippen molar-refractivity contribution in [1.82, 2.24) is 15.1 Å². The predicted molar refractivity (Wildman–Crippen MR) is 106 cm³/mol. The SMILES string of the molecule is O=C(Cc1noc2ccccc12)Nc1nc(-c2c[nH]c3ccccc23)cs1. The molecule has 0 atom stereocenters. The number of hydrogen-bond acceptors (Lipinski definition) is 5. The molecule has 0 saturated heterocycles. The highest BCUT2D eigenvalue weighted by atomic mass is 32.1. The first-order valence-corrected chi connectivity index (χ1v) is 9.31. The van der Waals surface area contributed by atoms with E-state index in [1.54, 1.807) is 0 Å². The van der Waals surface area contributed by atoms with Gasteiger partial charge in [-0.15, -0.1) is 11.3 Å². The fraction of sp³-hybridized carbons (Fsp3) is 0.0500. The second-order valence-corrected chi connectivity index (χ2v) is 6.99. The molecule has 3 aromatic heterocycles. The van der Waals surface area contributed by atoms with Crippen molar-refractivity contribution in [2.75, 3.05) is 5.32 Å². The third-order valence-electron chi connectivity index (χ3n) is 4.40. The van der Waals surface area contributed by atoms with Crippen LogP contribution in [0.15, 0.2) is 64.6 Å². The second-order valence-electron chi connectivity index (χ2n) is 6.14. The predicted octanol–water partition coefficient (Wildman–Crippen LogP) is 4.61. The summed E-state index contributed by atoms with van der Waals surface area (Å²) in [5.74, 6) is -0.172. The number of carbonyl (C=O) groups is 1. The molecular formula is C20H14N4O2S. The van der Waals surface area contributed by atoms with Crippen LogP contribution in [0.25, 0.3) is 33.1 Å². The van der Waals surface area contributed by atoms with E-state index in [0.29, 0.717) is 16.4 Å². The molecular weight excluding hydrogens is 360 g/mol. The van der Waals surface area contributed by atoms with E-state index in [0.717, 1.165) is 27.5 Å². The number of benzene rings is 2. The van der Waals surface area contributed by atoms with Crippen molar-refractivity contribution < 1.29 is 9.32 Å². The molecule has 3 heterocycles. The van der Waals surface area contributed by atoms with Crippen molar-refractivity contribution in [1.29, 1.82) is 0 Å². The average Bonchev–Trinajstić information content (AvgIpc) is 3.40. The van der Waals surface area contributed by atoms with Crippen LogP contribution in [0.5, 0.6) is 0 Å². The third-order valence-corrected chi connectivity index (χ3v) is 5.15. The van der Waals surface area contributed by atoms with Gasteiger partial charge in [0.1, 0.15) is 5.69 Å². The highest BCUT2D eigenvalue weighted by molar-refractivity contribution is 7.14. The van der Waals surface area contributed by atoms with Gasteiger partial charge < -0.3 is 14.8 Å². The van der Waals surface area contributed by atoms with Gasteiger partial charge in [-0.25, -0.2) is 4.98 Å². The molecule has 5 aromatic rings. The summed E-state index contributed by atoms with van der Waals surface area (Å²) in [7, 11) is 0. The number of nitrogens with zero attached hydrogens (tertiary/aromatic N) is 2. The van der Waals surface area contributed by atoms with Gasteiger partial charge in [-0.1, -0.05) is 35.5 Å². The summed E-state index contributed by atoms with van der Waals surface area (Å²) < 4.78 is 5.25. The number of rotatable bonds is 4. The maximum Gasteiger partial charge on any atom is 0.232 e. The van der Waals surface area contributed by atoms with Crippen molar-refractivity contribution >= 4 is 44.2 Å². The van der Waals surface area contributed by atoms with Gasteiger partial charge in [-0.3, -0.25) is 4.79 Å². The minimum absolute atomic E-state index is 0.138. The normalized spacial score (nSPS) is 11.3. The molecule has 5 rings (SSSR count). The second kappa shape index (κ2) is 6.37. The number of aromatic amines is 1. The number of carbonyl (C=O) groups excluding carboxylic acids is 1. The maximum absolute atomic E-state index is 12.4. The van der Waals surface area contributed by atoms with Crippen LogP contribution in [0, 0.1) is 0 Å². The molecule has 6 nitrogen and oxygen atoms in total. The van der Waals surface area contributed by atoms with Gasteiger partial charge >= 0.3 is 0 Å². The molecule has 0 fully saturated rings. The summed E-state index contributed by atoms with van der Waals surface area (Å²) in [4.78, 5) is 20.2. The van der Waals surface area contributed by atoms with Gasteiger partial charge in [-0.05, 0) is 18.2 Å². The van der Waals surface area contributed by atoms with Gasteiger partial charge in [0.15, 0.2) is 10.7 Å². The summed E-state index contributed by atoms with van der Waals surface area (Å²) in [6.45, 7) is 0. The Kier molecular flexibility index (Phi) is 3.72. The van der Waals surface area contributed by atoms with E-state index in [2.05, 4.69) is 26.5 Å². The minimum Gasteiger partial charge on any atom is -0.360 e. The first kappa shape index (κ1) is 15.8. The molecule has 0 radical (unpaired) electrons. The molecule has 132 valence electrons. The number of anilines is 1. The Morgan fingerprint density at radius 3 is 2.85 bits per heavy atom. The fourth-order valence-electron chi connectivity index (χ4n) is 3.12. The smallest absolute Gasteiger partial charge is 0.232 e. The lowest BCUT2D eigenvalue weighted by atomic mass is 10.1. The summed E-state index contributed by atoms with van der Waals surface area (Å²) in [6.07, 6.45) is 2.08. The Labute approximate surface area is 157 Å². The number of amides is 1. The van der Waals surface area contributed by atoms with Crippen molar-refractivity contribution in [3.63, 3.8) is 0 Å². The fourth-order valence-corrected chi connectivity index (χ4v) is 3.85. The van der Waals surface area contributed by atoms with E-state index in [1.165, 1.54) is 11.3 Å². The number of H-pyrrole nitrogens is 1. The van der Waals surface area contributed by atoms with Crippen molar-refractivity contribution in [3.8, 4) is 11.3 Å². The molecule has 1 amide bonds. The van der Waals surface area contributed by atoms with Gasteiger partial charge in [0.25, 0.3) is 0 Å². The van der Waals surface area contributed by atoms with Gasteiger partial charge in [0, 0.05) is 33.4 Å². The topological polar surface area (TPSA) is 83.8 Å². The third kappa shape index (κ3) is 2.88. The Morgan fingerprint density at radius 1 is 1.11 bits per heavy atom. The van der Waals surface area contributed by atoms with Crippen molar-refractivity contribution in [2.45, 2.75) is 6.42 Å². The van der Waals surface area contributed by atoms with E-state index in [4.69, 9.17) is 4.52 Å². The van der Waals surface area contributed by atoms with Gasteiger partial charge in [0.2, 0.25) is 5.91 Å². The van der Waals surface area contributed by atoms with Crippen LogP contribution in [-0.4, -0.2) is 21.0 Å². The highest BCUT2D eigenvalue weighted by Gasteiger charge is 2.15. The lowest BCUT2D eigenvalue weighted by Crippen LogP contribution is -2.14. The zero-order chi connectivity index (χ0) is 18.2. The Hall–Kier alpha value is -3.45. The summed E-state index contributed by atoms with van der Waals surface area (Å²) >= 11 is 1.40. The number of nitrogens with one attached hydrogen (secondary N) is 2. The van der Waals surface area contributed by atoms with Crippen LogP contribution in [0.4, 0.5) is 5.13 Å². The molecule has 0 spiro atoms. The van der Waals surface area contributed by atoms with Crippen LogP contribution in [0.1, 0.15) is 5.69 Å². The summed E-state index contributed by atoms with van der Waals surface area (Å²) in [6, 6.07) is 15.6. The maximum atomic E-state index is 12.4. The van der Waals surface area contributed by atoms with Crippen LogP contribution in [0.3, 0.4) is 0 Å². The molecule has 27 heavy (non-hydrogen) atoms. The van der Waals surface area contributed by atoms with E-state index in [-0.39, 0.29) is 12.3 Å². The van der Waals surface area contributed by atoms with Crippen molar-refractivity contribution in [2.24, 2.45) is 0 Å². The molecule has 0 unspecified atom stereocenters. The van der Waals surface area contributed by atoms with E-state index >= 15 is 0 Å². The number of para-hydroxylation sites is 2. The number of hydrogen-bond donors (Lipinski definition) is 2. The molecule has 0 aliphatic heterocycles. The lowest BCUT2D eigenvalue weighted by Gasteiger charge is -1.99. The molecule has 0 bridgehead atoms. The van der Waals surface area contributed by atoms with E-state index in [9.17, 15) is 4.79 Å². The monoisotopic (exact) mass is 374 g/mol. The minimum atomic E-state index is -0.172. The number of fused-ring (bicyclic) bond motifs is 2. The Bertz CT molecular complexity index is 1270. The van der Waals surface area contributed by atoms with Crippen molar-refractivity contribution in [3.05, 3.63) is 65.8 Å². The van der Waals surface area contributed by atoms with Crippen LogP contribution in [-0.2, 0) is 11.2 Å². The molecule has 0 aliphatic rings. The Morgan fingerprint density at radius 2 is 1.93 bits per heavy atom.